The second kappa shape index (κ2) is 4.72. The summed E-state index contributed by atoms with van der Waals surface area (Å²) in [7, 11) is 0. The van der Waals surface area contributed by atoms with Crippen LogP contribution in [0.15, 0.2) is 40.3 Å². The third-order valence-corrected chi connectivity index (χ3v) is 3.06. The van der Waals surface area contributed by atoms with E-state index in [1.165, 1.54) is 11.8 Å². The van der Waals surface area contributed by atoms with Gasteiger partial charge in [-0.1, -0.05) is 23.4 Å². The van der Waals surface area contributed by atoms with Crippen molar-refractivity contribution in [3.8, 4) is 0 Å². The Bertz CT molecular complexity index is 479. The summed E-state index contributed by atoms with van der Waals surface area (Å²) in [4.78, 5) is 9.24. The molecule has 16 heavy (non-hydrogen) atoms. The Morgan fingerprint density at radius 3 is 2.50 bits per heavy atom. The second-order valence-electron chi connectivity index (χ2n) is 3.26. The Labute approximate surface area is 103 Å². The molecule has 0 saturated heterocycles. The molecule has 0 fully saturated rings. The van der Waals surface area contributed by atoms with Gasteiger partial charge in [-0.05, 0) is 37.3 Å². The zero-order valence-corrected chi connectivity index (χ0v) is 10.2. The highest BCUT2D eigenvalue weighted by atomic mass is 35.5. The molecule has 0 atom stereocenters. The maximum absolute atomic E-state index is 5.81. The minimum absolute atomic E-state index is 0.302. The highest BCUT2D eigenvalue weighted by Crippen LogP contribution is 2.27. The fourth-order valence-electron chi connectivity index (χ4n) is 1.24. The largest absolute Gasteiger partial charge is 0.368 e. The van der Waals surface area contributed by atoms with E-state index in [9.17, 15) is 0 Å². The van der Waals surface area contributed by atoms with Crippen LogP contribution in [0.3, 0.4) is 0 Å². The molecule has 2 N–H and O–H groups in total. The number of halogens is 1. The molecule has 0 bridgehead atoms. The van der Waals surface area contributed by atoms with Crippen LogP contribution >= 0.6 is 23.4 Å². The van der Waals surface area contributed by atoms with Crippen molar-refractivity contribution in [3.63, 3.8) is 0 Å². The summed E-state index contributed by atoms with van der Waals surface area (Å²) < 4.78 is 0. The molecular formula is C11H10ClN3S. The van der Waals surface area contributed by atoms with Crippen LogP contribution < -0.4 is 5.73 Å². The summed E-state index contributed by atoms with van der Waals surface area (Å²) in [5, 5.41) is 1.56. The van der Waals surface area contributed by atoms with Crippen molar-refractivity contribution >= 4 is 29.3 Å². The highest BCUT2D eigenvalue weighted by Gasteiger charge is 2.02. The predicted molar refractivity (Wildman–Crippen MR) is 66.8 cm³/mol. The second-order valence-corrected chi connectivity index (χ2v) is 4.79. The van der Waals surface area contributed by atoms with Gasteiger partial charge in [0, 0.05) is 15.6 Å². The minimum atomic E-state index is 0.302. The fourth-order valence-corrected chi connectivity index (χ4v) is 2.25. The molecule has 0 spiro atoms. The molecule has 1 aromatic carbocycles. The van der Waals surface area contributed by atoms with Gasteiger partial charge in [0.15, 0.2) is 0 Å². The van der Waals surface area contributed by atoms with Gasteiger partial charge in [0.25, 0.3) is 0 Å². The first kappa shape index (κ1) is 11.2. The number of nitrogens with two attached hydrogens (primary N) is 1. The summed E-state index contributed by atoms with van der Waals surface area (Å²) in [6.45, 7) is 1.89. The first-order valence-corrected chi connectivity index (χ1v) is 5.87. The van der Waals surface area contributed by atoms with Gasteiger partial charge >= 0.3 is 0 Å². The van der Waals surface area contributed by atoms with Gasteiger partial charge in [0.2, 0.25) is 5.95 Å². The molecular weight excluding hydrogens is 242 g/mol. The number of anilines is 1. The van der Waals surface area contributed by atoms with Gasteiger partial charge in [-0.2, -0.15) is 0 Å². The average Bonchev–Trinajstić information content (AvgIpc) is 2.20. The lowest BCUT2D eigenvalue weighted by atomic mass is 10.4. The van der Waals surface area contributed by atoms with Crippen LogP contribution in [0.1, 0.15) is 5.69 Å². The molecule has 0 amide bonds. The molecule has 0 saturated carbocycles. The molecule has 2 rings (SSSR count). The van der Waals surface area contributed by atoms with Crippen molar-refractivity contribution < 1.29 is 0 Å². The van der Waals surface area contributed by atoms with Crippen LogP contribution in [0.5, 0.6) is 0 Å². The lowest BCUT2D eigenvalue weighted by Crippen LogP contribution is -1.97. The Balaban J connectivity index is 2.23. The lowest BCUT2D eigenvalue weighted by molar-refractivity contribution is 1.02. The van der Waals surface area contributed by atoms with E-state index in [-0.39, 0.29) is 0 Å². The summed E-state index contributed by atoms with van der Waals surface area (Å²) in [5.74, 6) is 0.302. The topological polar surface area (TPSA) is 51.8 Å². The lowest BCUT2D eigenvalue weighted by Gasteiger charge is -2.02. The van der Waals surface area contributed by atoms with Gasteiger partial charge in [0.1, 0.15) is 5.03 Å². The van der Waals surface area contributed by atoms with E-state index in [1.807, 2.05) is 37.3 Å². The van der Waals surface area contributed by atoms with Crippen LogP contribution in [0.2, 0.25) is 5.02 Å². The molecule has 5 heteroatoms. The van der Waals surface area contributed by atoms with Gasteiger partial charge in [-0.15, -0.1) is 0 Å². The zero-order valence-electron chi connectivity index (χ0n) is 8.64. The molecule has 0 aliphatic rings. The third kappa shape index (κ3) is 2.87. The highest BCUT2D eigenvalue weighted by molar-refractivity contribution is 7.99. The van der Waals surface area contributed by atoms with Crippen molar-refractivity contribution in [1.29, 1.82) is 0 Å². The quantitative estimate of drug-likeness (QED) is 0.833. The van der Waals surface area contributed by atoms with Crippen LogP contribution in [-0.2, 0) is 0 Å². The van der Waals surface area contributed by atoms with Crippen molar-refractivity contribution in [2.24, 2.45) is 0 Å². The van der Waals surface area contributed by atoms with E-state index in [1.54, 1.807) is 0 Å². The number of benzene rings is 1. The standard InChI is InChI=1S/C11H10ClN3S/c1-7-6-10(15-11(13)14-7)16-9-4-2-8(12)3-5-9/h2-6H,1H3,(H2,13,14,15). The maximum Gasteiger partial charge on any atom is 0.221 e. The van der Waals surface area contributed by atoms with E-state index < -0.39 is 0 Å². The van der Waals surface area contributed by atoms with E-state index in [2.05, 4.69) is 9.97 Å². The molecule has 82 valence electrons. The first-order chi connectivity index (χ1) is 7.63. The molecule has 0 aliphatic heterocycles. The van der Waals surface area contributed by atoms with Crippen molar-refractivity contribution in [2.75, 3.05) is 5.73 Å². The number of hydrogen-bond acceptors (Lipinski definition) is 4. The summed E-state index contributed by atoms with van der Waals surface area (Å²) in [6.07, 6.45) is 0. The number of rotatable bonds is 2. The molecule has 1 heterocycles. The maximum atomic E-state index is 5.81. The van der Waals surface area contributed by atoms with Crippen molar-refractivity contribution in [3.05, 3.63) is 41.0 Å². The molecule has 0 aliphatic carbocycles. The van der Waals surface area contributed by atoms with E-state index >= 15 is 0 Å². The smallest absolute Gasteiger partial charge is 0.221 e. The monoisotopic (exact) mass is 251 g/mol. The normalized spacial score (nSPS) is 10.4. The SMILES string of the molecule is Cc1cc(Sc2ccc(Cl)cc2)nc(N)n1. The number of aryl methyl sites for hydroxylation is 1. The zero-order chi connectivity index (χ0) is 11.5. The summed E-state index contributed by atoms with van der Waals surface area (Å²) in [6, 6.07) is 9.49. The van der Waals surface area contributed by atoms with E-state index in [0.29, 0.717) is 5.95 Å². The summed E-state index contributed by atoms with van der Waals surface area (Å²) >= 11 is 7.35. The predicted octanol–water partition coefficient (Wildman–Crippen LogP) is 3.17. The minimum Gasteiger partial charge on any atom is -0.368 e. The fraction of sp³-hybridized carbons (Fsp3) is 0.0909. The molecule has 0 unspecified atom stereocenters. The van der Waals surface area contributed by atoms with Gasteiger partial charge in [-0.3, -0.25) is 0 Å². The van der Waals surface area contributed by atoms with Crippen LogP contribution in [0, 0.1) is 6.92 Å². The van der Waals surface area contributed by atoms with E-state index in [4.69, 9.17) is 17.3 Å². The number of nitrogens with zero attached hydrogens (tertiary/aromatic N) is 2. The molecule has 1 aromatic heterocycles. The molecule has 2 aromatic rings. The van der Waals surface area contributed by atoms with Crippen LogP contribution in [0.25, 0.3) is 0 Å². The Kier molecular flexibility index (Phi) is 3.31. The molecule has 3 nitrogen and oxygen atoms in total. The summed E-state index contributed by atoms with van der Waals surface area (Å²) in [5.41, 5.74) is 6.45. The number of aromatic nitrogens is 2. The third-order valence-electron chi connectivity index (χ3n) is 1.88. The van der Waals surface area contributed by atoms with Crippen LogP contribution in [0.4, 0.5) is 5.95 Å². The van der Waals surface area contributed by atoms with E-state index in [0.717, 1.165) is 20.6 Å². The first-order valence-electron chi connectivity index (χ1n) is 4.68. The Morgan fingerprint density at radius 1 is 1.19 bits per heavy atom. The average molecular weight is 252 g/mol. The van der Waals surface area contributed by atoms with Gasteiger partial charge < -0.3 is 5.73 Å². The Morgan fingerprint density at radius 2 is 1.88 bits per heavy atom. The van der Waals surface area contributed by atoms with Crippen LogP contribution in [-0.4, -0.2) is 9.97 Å². The van der Waals surface area contributed by atoms with Gasteiger partial charge in [0.05, 0.1) is 0 Å². The number of nitrogen functional groups attached to an aromatic ring is 1. The van der Waals surface area contributed by atoms with Crippen molar-refractivity contribution in [1.82, 2.24) is 9.97 Å². The Hall–Kier alpha value is -1.26. The van der Waals surface area contributed by atoms with Crippen molar-refractivity contribution in [2.45, 2.75) is 16.8 Å². The molecule has 0 radical (unpaired) electrons. The number of hydrogen-bond donors (Lipinski definition) is 1. The van der Waals surface area contributed by atoms with Gasteiger partial charge in [-0.25, -0.2) is 9.97 Å².